The van der Waals surface area contributed by atoms with E-state index in [2.05, 4.69) is 25.6 Å². The van der Waals surface area contributed by atoms with Gasteiger partial charge in [-0.3, -0.25) is 4.79 Å². The van der Waals surface area contributed by atoms with E-state index in [1.807, 2.05) is 13.0 Å². The van der Waals surface area contributed by atoms with E-state index in [-0.39, 0.29) is 23.5 Å². The van der Waals surface area contributed by atoms with Gasteiger partial charge in [0.1, 0.15) is 5.75 Å². The summed E-state index contributed by atoms with van der Waals surface area (Å²) in [5.41, 5.74) is 1.29. The third-order valence-corrected chi connectivity index (χ3v) is 4.97. The van der Waals surface area contributed by atoms with Gasteiger partial charge in [0.15, 0.2) is 0 Å². The maximum atomic E-state index is 12.3. The molecule has 0 spiro atoms. The second-order valence-corrected chi connectivity index (χ2v) is 7.43. The number of nitrogens with one attached hydrogen (secondary N) is 1. The number of carbonyl (C=O) groups excluding carboxylic acids is 1. The number of thioether (sulfide) groups is 1. The van der Waals surface area contributed by atoms with Crippen molar-refractivity contribution >= 4 is 29.3 Å². The van der Waals surface area contributed by atoms with Gasteiger partial charge in [-0.05, 0) is 59.3 Å². The summed E-state index contributed by atoms with van der Waals surface area (Å²) in [5.74, 6) is -0.556. The van der Waals surface area contributed by atoms with E-state index in [4.69, 9.17) is 11.6 Å². The first-order chi connectivity index (χ1) is 14.2. The lowest BCUT2D eigenvalue weighted by Crippen LogP contribution is -2.28. The highest BCUT2D eigenvalue weighted by molar-refractivity contribution is 7.99. The maximum Gasteiger partial charge on any atom is 0.573 e. The van der Waals surface area contributed by atoms with E-state index < -0.39 is 6.36 Å². The van der Waals surface area contributed by atoms with Crippen LogP contribution in [0.15, 0.2) is 53.7 Å². The summed E-state index contributed by atoms with van der Waals surface area (Å²) in [4.78, 5) is 12.3. The van der Waals surface area contributed by atoms with Crippen molar-refractivity contribution in [2.24, 2.45) is 0 Å². The second-order valence-electron chi connectivity index (χ2n) is 6.05. The molecule has 0 saturated carbocycles. The van der Waals surface area contributed by atoms with Crippen LogP contribution in [0.5, 0.6) is 5.75 Å². The van der Waals surface area contributed by atoms with E-state index >= 15 is 0 Å². The number of ether oxygens (including phenoxy) is 1. The van der Waals surface area contributed by atoms with Crippen molar-refractivity contribution in [3.05, 3.63) is 59.1 Å². The van der Waals surface area contributed by atoms with Crippen LogP contribution in [0.3, 0.4) is 0 Å². The molecule has 1 amide bonds. The lowest BCUT2D eigenvalue weighted by atomic mass is 10.1. The summed E-state index contributed by atoms with van der Waals surface area (Å²) in [6, 6.07) is 12.0. The largest absolute Gasteiger partial charge is 0.573 e. The zero-order valence-corrected chi connectivity index (χ0v) is 17.0. The predicted octanol–water partition coefficient (Wildman–Crippen LogP) is 4.18. The standard InChI is InChI=1S/C18H15ClF3N5O2S/c1-11(12-3-2-4-13(19)9-12)23-16(28)10-30-17-24-25-26-27(17)14-5-7-15(8-6-14)29-18(20,21)22/h2-9,11H,10H2,1H3,(H,23,28). The van der Waals surface area contributed by atoms with Crippen molar-refractivity contribution in [3.63, 3.8) is 0 Å². The highest BCUT2D eigenvalue weighted by Gasteiger charge is 2.31. The van der Waals surface area contributed by atoms with Crippen LogP contribution in [0, 0.1) is 0 Å². The number of amides is 1. The number of nitrogens with zero attached hydrogens (tertiary/aromatic N) is 4. The molecule has 12 heteroatoms. The number of benzene rings is 2. The number of aromatic nitrogens is 4. The SMILES string of the molecule is CC(NC(=O)CSc1nnnn1-c1ccc(OC(F)(F)F)cc1)c1cccc(Cl)c1. The molecule has 0 saturated heterocycles. The Kier molecular flexibility index (Phi) is 6.83. The van der Waals surface area contributed by atoms with Gasteiger partial charge < -0.3 is 10.1 Å². The fourth-order valence-corrected chi connectivity index (χ4v) is 3.39. The van der Waals surface area contributed by atoms with Crippen LogP contribution < -0.4 is 10.1 Å². The average Bonchev–Trinajstić information content (AvgIpc) is 3.14. The van der Waals surface area contributed by atoms with Gasteiger partial charge in [-0.25, -0.2) is 0 Å². The molecule has 1 N–H and O–H groups in total. The molecular formula is C18H15ClF3N5O2S. The number of carbonyl (C=O) groups is 1. The van der Waals surface area contributed by atoms with Crippen molar-refractivity contribution < 1.29 is 22.7 Å². The van der Waals surface area contributed by atoms with Gasteiger partial charge in [-0.2, -0.15) is 4.68 Å². The fourth-order valence-electron chi connectivity index (χ4n) is 2.49. The summed E-state index contributed by atoms with van der Waals surface area (Å²) in [7, 11) is 0. The first-order valence-electron chi connectivity index (χ1n) is 8.53. The van der Waals surface area contributed by atoms with E-state index in [9.17, 15) is 18.0 Å². The fraction of sp³-hybridized carbons (Fsp3) is 0.222. The van der Waals surface area contributed by atoms with Gasteiger partial charge in [0.2, 0.25) is 11.1 Å². The Balaban J connectivity index is 1.60. The van der Waals surface area contributed by atoms with Crippen LogP contribution >= 0.6 is 23.4 Å². The summed E-state index contributed by atoms with van der Waals surface area (Å²) in [5, 5.41) is 15.0. The Morgan fingerprint density at radius 1 is 1.27 bits per heavy atom. The predicted molar refractivity (Wildman–Crippen MR) is 105 cm³/mol. The zero-order valence-electron chi connectivity index (χ0n) is 15.4. The van der Waals surface area contributed by atoms with Crippen molar-refractivity contribution in [2.45, 2.75) is 24.5 Å². The quantitative estimate of drug-likeness (QED) is 0.536. The van der Waals surface area contributed by atoms with E-state index in [1.165, 1.54) is 16.8 Å². The molecule has 7 nitrogen and oxygen atoms in total. The molecule has 158 valence electrons. The molecule has 0 radical (unpaired) electrons. The zero-order chi connectivity index (χ0) is 21.7. The molecule has 1 unspecified atom stereocenters. The lowest BCUT2D eigenvalue weighted by Gasteiger charge is -2.14. The van der Waals surface area contributed by atoms with Gasteiger partial charge in [-0.1, -0.05) is 35.5 Å². The van der Waals surface area contributed by atoms with Gasteiger partial charge in [0, 0.05) is 5.02 Å². The molecule has 0 bridgehead atoms. The minimum Gasteiger partial charge on any atom is -0.406 e. The second kappa shape index (κ2) is 9.35. The van der Waals surface area contributed by atoms with Gasteiger partial charge >= 0.3 is 6.36 Å². The molecule has 0 aliphatic carbocycles. The summed E-state index contributed by atoms with van der Waals surface area (Å²) in [6.07, 6.45) is -4.77. The highest BCUT2D eigenvalue weighted by Crippen LogP contribution is 2.25. The van der Waals surface area contributed by atoms with Crippen molar-refractivity contribution in [1.29, 1.82) is 0 Å². The topological polar surface area (TPSA) is 81.9 Å². The van der Waals surface area contributed by atoms with Crippen LogP contribution in [0.2, 0.25) is 5.02 Å². The molecule has 30 heavy (non-hydrogen) atoms. The Hall–Kier alpha value is -2.79. The minimum atomic E-state index is -4.77. The van der Waals surface area contributed by atoms with Crippen LogP contribution in [-0.2, 0) is 4.79 Å². The number of hydrogen-bond acceptors (Lipinski definition) is 6. The first-order valence-corrected chi connectivity index (χ1v) is 9.90. The molecule has 0 fully saturated rings. The van der Waals surface area contributed by atoms with E-state index in [0.29, 0.717) is 15.9 Å². The smallest absolute Gasteiger partial charge is 0.406 e. The van der Waals surface area contributed by atoms with Crippen molar-refractivity contribution in [1.82, 2.24) is 25.5 Å². The number of hydrogen-bond donors (Lipinski definition) is 1. The molecular weight excluding hydrogens is 443 g/mol. The summed E-state index contributed by atoms with van der Waals surface area (Å²) in [6.45, 7) is 1.84. The Labute approximate surface area is 178 Å². The van der Waals surface area contributed by atoms with Gasteiger partial charge in [0.05, 0.1) is 17.5 Å². The molecule has 2 aromatic carbocycles. The highest BCUT2D eigenvalue weighted by atomic mass is 35.5. The molecule has 1 heterocycles. The monoisotopic (exact) mass is 457 g/mol. The van der Waals surface area contributed by atoms with Crippen LogP contribution in [0.1, 0.15) is 18.5 Å². The number of halogens is 4. The summed E-state index contributed by atoms with van der Waals surface area (Å²) < 4.78 is 42.0. The Morgan fingerprint density at radius 2 is 2.00 bits per heavy atom. The van der Waals surface area contributed by atoms with E-state index in [1.54, 1.807) is 18.2 Å². The minimum absolute atomic E-state index is 0.0422. The first kappa shape index (κ1) is 21.9. The van der Waals surface area contributed by atoms with Crippen LogP contribution in [0.4, 0.5) is 13.2 Å². The number of alkyl halides is 3. The van der Waals surface area contributed by atoms with Crippen LogP contribution in [0.25, 0.3) is 5.69 Å². The van der Waals surface area contributed by atoms with E-state index in [0.717, 1.165) is 29.5 Å². The number of rotatable bonds is 7. The lowest BCUT2D eigenvalue weighted by molar-refractivity contribution is -0.274. The normalized spacial score (nSPS) is 12.4. The average molecular weight is 458 g/mol. The molecule has 1 aromatic heterocycles. The van der Waals surface area contributed by atoms with Gasteiger partial charge in [-0.15, -0.1) is 18.3 Å². The van der Waals surface area contributed by atoms with Crippen LogP contribution in [-0.4, -0.2) is 38.2 Å². The summed E-state index contributed by atoms with van der Waals surface area (Å²) >= 11 is 7.05. The number of tetrazole rings is 1. The third-order valence-electron chi connectivity index (χ3n) is 3.81. The Morgan fingerprint density at radius 3 is 2.67 bits per heavy atom. The molecule has 0 aliphatic rings. The molecule has 1 atom stereocenters. The molecule has 0 aliphatic heterocycles. The van der Waals surface area contributed by atoms with Gasteiger partial charge in [0.25, 0.3) is 0 Å². The van der Waals surface area contributed by atoms with Crippen molar-refractivity contribution in [3.8, 4) is 11.4 Å². The molecule has 3 aromatic rings. The third kappa shape index (κ3) is 6.10. The Bertz CT molecular complexity index is 1010. The maximum absolute atomic E-state index is 12.3. The van der Waals surface area contributed by atoms with Crippen molar-refractivity contribution in [2.75, 3.05) is 5.75 Å². The molecule has 3 rings (SSSR count).